The summed E-state index contributed by atoms with van der Waals surface area (Å²) in [5.41, 5.74) is 16.8. The summed E-state index contributed by atoms with van der Waals surface area (Å²) in [4.78, 5) is 2.35. The van der Waals surface area contributed by atoms with Crippen molar-refractivity contribution in [2.24, 2.45) is 0 Å². The topological polar surface area (TPSA) is 16.4 Å². The molecule has 0 aliphatic heterocycles. The van der Waals surface area contributed by atoms with Crippen LogP contribution in [-0.4, -0.2) is 0 Å². The highest BCUT2D eigenvalue weighted by Crippen LogP contribution is 2.42. The Bertz CT molecular complexity index is 3590. The van der Waals surface area contributed by atoms with E-state index >= 15 is 0 Å². The molecule has 296 valence electrons. The molecular formula is C60H39NOS. The van der Waals surface area contributed by atoms with Gasteiger partial charge in [0.05, 0.1) is 0 Å². The van der Waals surface area contributed by atoms with Crippen molar-refractivity contribution < 1.29 is 4.42 Å². The zero-order valence-electron chi connectivity index (χ0n) is 34.3. The highest BCUT2D eigenvalue weighted by Gasteiger charge is 2.17. The lowest BCUT2D eigenvalue weighted by atomic mass is 9.98. The lowest BCUT2D eigenvalue weighted by molar-refractivity contribution is 0.670. The number of furan rings is 1. The van der Waals surface area contributed by atoms with Crippen LogP contribution in [0, 0.1) is 0 Å². The van der Waals surface area contributed by atoms with Gasteiger partial charge in [-0.05, 0) is 117 Å². The van der Waals surface area contributed by atoms with Crippen molar-refractivity contribution in [1.82, 2.24) is 0 Å². The lowest BCUT2D eigenvalue weighted by Gasteiger charge is -2.26. The van der Waals surface area contributed by atoms with E-state index in [0.29, 0.717) is 0 Å². The molecule has 0 aliphatic carbocycles. The molecule has 0 aliphatic rings. The van der Waals surface area contributed by atoms with Gasteiger partial charge in [-0.3, -0.25) is 0 Å². The first-order valence-corrected chi connectivity index (χ1v) is 22.2. The van der Waals surface area contributed by atoms with Gasteiger partial charge < -0.3 is 9.32 Å². The van der Waals surface area contributed by atoms with E-state index in [1.165, 1.54) is 53.6 Å². The zero-order chi connectivity index (χ0) is 41.7. The van der Waals surface area contributed by atoms with Crippen LogP contribution in [0.4, 0.5) is 17.1 Å². The van der Waals surface area contributed by atoms with Gasteiger partial charge in [0, 0.05) is 53.6 Å². The van der Waals surface area contributed by atoms with Crippen LogP contribution >= 0.6 is 11.3 Å². The minimum absolute atomic E-state index is 0.891. The molecule has 3 heteroatoms. The number of rotatable bonds is 8. The van der Waals surface area contributed by atoms with Gasteiger partial charge in [0.25, 0.3) is 0 Å². The maximum Gasteiger partial charge on any atom is 0.143 e. The summed E-state index contributed by atoms with van der Waals surface area (Å²) < 4.78 is 9.14. The number of nitrogens with zero attached hydrogens (tertiary/aromatic N) is 1. The van der Waals surface area contributed by atoms with Crippen LogP contribution < -0.4 is 4.90 Å². The molecule has 0 bridgehead atoms. The molecule has 0 atom stereocenters. The Hall–Kier alpha value is -7.98. The average Bonchev–Trinajstić information content (AvgIpc) is 3.93. The molecule has 2 aromatic heterocycles. The Morgan fingerprint density at radius 3 is 1.40 bits per heavy atom. The van der Waals surface area contributed by atoms with Crippen LogP contribution in [0.25, 0.3) is 97.7 Å². The molecule has 12 rings (SSSR count). The Labute approximate surface area is 370 Å². The van der Waals surface area contributed by atoms with Gasteiger partial charge in [-0.1, -0.05) is 170 Å². The number of thiophene rings is 1. The predicted octanol–water partition coefficient (Wildman–Crippen LogP) is 17.8. The molecule has 12 aromatic rings. The zero-order valence-corrected chi connectivity index (χ0v) is 35.1. The Balaban J connectivity index is 0.902. The number of anilines is 3. The minimum atomic E-state index is 0.891. The Kier molecular flexibility index (Phi) is 9.06. The number of fused-ring (bicyclic) bond motifs is 6. The second-order valence-electron chi connectivity index (χ2n) is 16.1. The van der Waals surface area contributed by atoms with Crippen molar-refractivity contribution in [2.75, 3.05) is 4.90 Å². The second kappa shape index (κ2) is 15.5. The molecule has 0 saturated carbocycles. The first kappa shape index (κ1) is 36.8. The fourth-order valence-electron chi connectivity index (χ4n) is 9.09. The maximum absolute atomic E-state index is 6.50. The van der Waals surface area contributed by atoms with Crippen molar-refractivity contribution in [3.63, 3.8) is 0 Å². The molecule has 0 unspecified atom stereocenters. The highest BCUT2D eigenvalue weighted by atomic mass is 32.1. The summed E-state index contributed by atoms with van der Waals surface area (Å²) in [6.07, 6.45) is 0. The molecule has 0 spiro atoms. The van der Waals surface area contributed by atoms with Crippen LogP contribution in [0.1, 0.15) is 0 Å². The number of benzene rings is 10. The molecule has 10 aromatic carbocycles. The van der Waals surface area contributed by atoms with E-state index < -0.39 is 0 Å². The maximum atomic E-state index is 6.50. The normalized spacial score (nSPS) is 11.5. The lowest BCUT2D eigenvalue weighted by Crippen LogP contribution is -2.09. The molecule has 0 radical (unpaired) electrons. The highest BCUT2D eigenvalue weighted by molar-refractivity contribution is 7.25. The first-order chi connectivity index (χ1) is 31.2. The van der Waals surface area contributed by atoms with Crippen LogP contribution in [0.15, 0.2) is 241 Å². The monoisotopic (exact) mass is 821 g/mol. The van der Waals surface area contributed by atoms with Crippen molar-refractivity contribution in [3.8, 4) is 55.6 Å². The molecule has 63 heavy (non-hydrogen) atoms. The molecule has 0 saturated heterocycles. The molecule has 0 N–H and O–H groups in total. The fraction of sp³-hybridized carbons (Fsp3) is 0. The van der Waals surface area contributed by atoms with Crippen molar-refractivity contribution in [3.05, 3.63) is 237 Å². The standard InChI is InChI=1S/C60H39NOS/c1-3-11-40(12-4-1)45-15-9-16-46(37-45)41-21-29-49(30-22-41)61(51-33-25-43(26-34-51)48-27-35-54-53-17-7-8-20-58(53)63-59(54)39-48)50-31-23-42(24-32-50)47-28-36-57-56(38-47)55-19-10-18-52(60(55)62-57)44-13-5-2-6-14-44/h1-39H. The first-order valence-electron chi connectivity index (χ1n) is 21.4. The van der Waals surface area contributed by atoms with Crippen LogP contribution in [0.2, 0.25) is 0 Å². The van der Waals surface area contributed by atoms with Crippen molar-refractivity contribution in [2.45, 2.75) is 0 Å². The SMILES string of the molecule is c1ccc(-c2cccc(-c3ccc(N(c4ccc(-c5ccc6c(c5)sc5ccccc56)cc4)c4ccc(-c5ccc6oc7c(-c8ccccc8)cccc7c6c5)cc4)cc3)c2)cc1. The van der Waals surface area contributed by atoms with E-state index in [9.17, 15) is 0 Å². The van der Waals surface area contributed by atoms with E-state index in [1.807, 2.05) is 17.4 Å². The van der Waals surface area contributed by atoms with E-state index in [-0.39, 0.29) is 0 Å². The van der Waals surface area contributed by atoms with E-state index in [2.05, 4.69) is 235 Å². The van der Waals surface area contributed by atoms with Crippen LogP contribution in [0.5, 0.6) is 0 Å². The number of hydrogen-bond acceptors (Lipinski definition) is 3. The third kappa shape index (κ3) is 6.76. The summed E-state index contributed by atoms with van der Waals surface area (Å²) in [5.74, 6) is 0. The summed E-state index contributed by atoms with van der Waals surface area (Å²) in [7, 11) is 0. The van der Waals surface area contributed by atoms with Gasteiger partial charge in [0.15, 0.2) is 0 Å². The Morgan fingerprint density at radius 2 is 0.746 bits per heavy atom. The van der Waals surface area contributed by atoms with Crippen LogP contribution in [0.3, 0.4) is 0 Å². The van der Waals surface area contributed by atoms with Crippen molar-refractivity contribution in [1.29, 1.82) is 0 Å². The largest absolute Gasteiger partial charge is 0.455 e. The van der Waals surface area contributed by atoms with Gasteiger partial charge in [-0.2, -0.15) is 0 Å². The summed E-state index contributed by atoms with van der Waals surface area (Å²) in [5, 5.41) is 4.88. The van der Waals surface area contributed by atoms with Gasteiger partial charge in [0.2, 0.25) is 0 Å². The summed E-state index contributed by atoms with van der Waals surface area (Å²) in [6.45, 7) is 0. The average molecular weight is 822 g/mol. The van der Waals surface area contributed by atoms with E-state index in [0.717, 1.165) is 61.3 Å². The van der Waals surface area contributed by atoms with Gasteiger partial charge >= 0.3 is 0 Å². The van der Waals surface area contributed by atoms with Gasteiger partial charge in [-0.15, -0.1) is 11.3 Å². The molecule has 2 nitrogen and oxygen atoms in total. The summed E-state index contributed by atoms with van der Waals surface area (Å²) in [6, 6.07) is 85.3. The number of hydrogen-bond donors (Lipinski definition) is 0. The number of para-hydroxylation sites is 1. The summed E-state index contributed by atoms with van der Waals surface area (Å²) >= 11 is 1.86. The second-order valence-corrected chi connectivity index (χ2v) is 17.2. The van der Waals surface area contributed by atoms with E-state index in [4.69, 9.17) is 4.42 Å². The molecule has 2 heterocycles. The van der Waals surface area contributed by atoms with Crippen molar-refractivity contribution >= 4 is 70.5 Å². The molecule has 0 fully saturated rings. The third-order valence-corrected chi connectivity index (χ3v) is 13.4. The van der Waals surface area contributed by atoms with E-state index in [1.54, 1.807) is 0 Å². The van der Waals surface area contributed by atoms with Crippen LogP contribution in [-0.2, 0) is 0 Å². The quantitative estimate of drug-likeness (QED) is 0.152. The Morgan fingerprint density at radius 1 is 0.286 bits per heavy atom. The third-order valence-electron chi connectivity index (χ3n) is 12.3. The minimum Gasteiger partial charge on any atom is -0.455 e. The van der Waals surface area contributed by atoms with Gasteiger partial charge in [0.1, 0.15) is 11.2 Å². The predicted molar refractivity (Wildman–Crippen MR) is 268 cm³/mol. The smallest absolute Gasteiger partial charge is 0.143 e. The fourth-order valence-corrected chi connectivity index (χ4v) is 10.2. The molecular weight excluding hydrogens is 783 g/mol. The molecule has 0 amide bonds. The van der Waals surface area contributed by atoms with Gasteiger partial charge in [-0.25, -0.2) is 0 Å².